The van der Waals surface area contributed by atoms with Gasteiger partial charge >= 0.3 is 7.60 Å². The van der Waals surface area contributed by atoms with Crippen LogP contribution < -0.4 is 4.31 Å². The average molecular weight is 541 g/mol. The summed E-state index contributed by atoms with van der Waals surface area (Å²) in [4.78, 5) is 5.85. The lowest BCUT2D eigenvalue weighted by atomic mass is 10.1. The number of thiazole rings is 1. The summed E-state index contributed by atoms with van der Waals surface area (Å²) in [7, 11) is -7.10. The quantitative estimate of drug-likeness (QED) is 0.218. The molecule has 0 amide bonds. The summed E-state index contributed by atoms with van der Waals surface area (Å²) in [5.41, 5.74) is 3.59. The molecule has 0 unspecified atom stereocenters. The monoisotopic (exact) mass is 540 g/mol. The topological polar surface area (TPSA) is 85.8 Å². The Morgan fingerprint density at radius 1 is 1.09 bits per heavy atom. The standard InChI is InChI=1S/C23H26ClN2O5PS2/c1-4-26(23-25-22-20-12-9-18(24)13-17(20)14-21(22)33-23)34(28,29)19-10-7-16(8-11-19)15-32(27,30-5-2)31-6-3/h7-13H,4-6,14-15H2,1-3H3. The summed E-state index contributed by atoms with van der Waals surface area (Å²) in [6.07, 6.45) is 0.768. The van der Waals surface area contributed by atoms with E-state index in [4.69, 9.17) is 20.6 Å². The number of aromatic nitrogens is 1. The lowest BCUT2D eigenvalue weighted by molar-refractivity contribution is 0.219. The molecule has 2 aromatic carbocycles. The summed E-state index contributed by atoms with van der Waals surface area (Å²) >= 11 is 7.49. The molecule has 0 bridgehead atoms. The van der Waals surface area contributed by atoms with Gasteiger partial charge in [-0.3, -0.25) is 4.57 Å². The fourth-order valence-corrected chi connectivity index (χ4v) is 8.63. The Hall–Kier alpha value is -1.74. The van der Waals surface area contributed by atoms with Crippen molar-refractivity contribution in [2.24, 2.45) is 0 Å². The zero-order valence-electron chi connectivity index (χ0n) is 19.2. The first-order valence-corrected chi connectivity index (χ1v) is 15.3. The summed E-state index contributed by atoms with van der Waals surface area (Å²) in [5.74, 6) is 0. The van der Waals surface area contributed by atoms with E-state index in [-0.39, 0.29) is 30.8 Å². The van der Waals surface area contributed by atoms with Crippen molar-refractivity contribution in [2.45, 2.75) is 38.2 Å². The zero-order valence-corrected chi connectivity index (χ0v) is 22.4. The van der Waals surface area contributed by atoms with Crippen LogP contribution in [-0.4, -0.2) is 33.2 Å². The van der Waals surface area contributed by atoms with Crippen LogP contribution in [0.5, 0.6) is 0 Å². The second-order valence-electron chi connectivity index (χ2n) is 7.66. The second kappa shape index (κ2) is 10.1. The molecule has 1 aliphatic rings. The number of hydrogen-bond donors (Lipinski definition) is 0. The first-order valence-electron chi connectivity index (χ1n) is 11.0. The maximum absolute atomic E-state index is 13.5. The van der Waals surface area contributed by atoms with Gasteiger partial charge in [-0.15, -0.1) is 0 Å². The van der Waals surface area contributed by atoms with Crippen LogP contribution in [0.3, 0.4) is 0 Å². The van der Waals surface area contributed by atoms with Crippen LogP contribution in [0.4, 0.5) is 5.13 Å². The van der Waals surface area contributed by atoms with E-state index in [9.17, 15) is 13.0 Å². The minimum absolute atomic E-state index is 0.0785. The van der Waals surface area contributed by atoms with Gasteiger partial charge in [-0.25, -0.2) is 17.7 Å². The van der Waals surface area contributed by atoms with Crippen LogP contribution >= 0.6 is 30.5 Å². The third kappa shape index (κ3) is 4.96. The van der Waals surface area contributed by atoms with Gasteiger partial charge in [-0.1, -0.05) is 41.1 Å². The van der Waals surface area contributed by atoms with E-state index in [2.05, 4.69) is 4.98 Å². The number of sulfonamides is 1. The van der Waals surface area contributed by atoms with E-state index in [0.717, 1.165) is 21.7 Å². The van der Waals surface area contributed by atoms with Gasteiger partial charge in [0.25, 0.3) is 10.0 Å². The maximum Gasteiger partial charge on any atom is 0.335 e. The lowest BCUT2D eigenvalue weighted by Gasteiger charge is -2.20. The van der Waals surface area contributed by atoms with Crippen LogP contribution in [-0.2, 0) is 36.2 Å². The van der Waals surface area contributed by atoms with E-state index >= 15 is 0 Å². The Balaban J connectivity index is 1.59. The molecule has 0 fully saturated rings. The highest BCUT2D eigenvalue weighted by atomic mass is 35.5. The molecule has 7 nitrogen and oxygen atoms in total. The highest BCUT2D eigenvalue weighted by Gasteiger charge is 2.31. The number of halogens is 1. The maximum atomic E-state index is 13.5. The van der Waals surface area contributed by atoms with E-state index < -0.39 is 17.6 Å². The van der Waals surface area contributed by atoms with Crippen LogP contribution in [0.15, 0.2) is 47.4 Å². The van der Waals surface area contributed by atoms with Crippen LogP contribution in [0.25, 0.3) is 11.3 Å². The van der Waals surface area contributed by atoms with Gasteiger partial charge in [0.15, 0.2) is 5.13 Å². The number of rotatable bonds is 10. The van der Waals surface area contributed by atoms with E-state index in [1.165, 1.54) is 27.8 Å². The first-order chi connectivity index (χ1) is 16.2. The van der Waals surface area contributed by atoms with Crippen molar-refractivity contribution in [2.75, 3.05) is 24.1 Å². The summed E-state index contributed by atoms with van der Waals surface area (Å²) in [6.45, 7) is 6.07. The smallest absolute Gasteiger partial charge is 0.309 e. The Morgan fingerprint density at radius 3 is 2.38 bits per heavy atom. The fourth-order valence-electron chi connectivity index (χ4n) is 3.94. The Kier molecular flexibility index (Phi) is 7.53. The number of nitrogens with zero attached hydrogens (tertiary/aromatic N) is 2. The van der Waals surface area contributed by atoms with E-state index in [1.807, 2.05) is 18.2 Å². The van der Waals surface area contributed by atoms with Gasteiger partial charge in [0, 0.05) is 28.4 Å². The van der Waals surface area contributed by atoms with Crippen molar-refractivity contribution in [1.29, 1.82) is 0 Å². The van der Waals surface area contributed by atoms with Gasteiger partial charge in [-0.05, 0) is 56.2 Å². The molecule has 0 saturated heterocycles. The predicted molar refractivity (Wildman–Crippen MR) is 137 cm³/mol. The second-order valence-corrected chi connectivity index (χ2v) is 13.1. The molecule has 1 aromatic heterocycles. The normalized spacial score (nSPS) is 13.1. The van der Waals surface area contributed by atoms with Gasteiger partial charge in [0.05, 0.1) is 30.0 Å². The fraction of sp³-hybridized carbons (Fsp3) is 0.348. The lowest BCUT2D eigenvalue weighted by Crippen LogP contribution is -2.30. The van der Waals surface area contributed by atoms with Gasteiger partial charge in [-0.2, -0.15) is 0 Å². The molecule has 0 spiro atoms. The molecule has 0 N–H and O–H groups in total. The van der Waals surface area contributed by atoms with E-state index in [1.54, 1.807) is 32.9 Å². The number of hydrogen-bond acceptors (Lipinski definition) is 7. The SMILES string of the molecule is CCOP(=O)(Cc1ccc(S(=O)(=O)N(CC)c2nc3c(s2)Cc2cc(Cl)ccc2-3)cc1)OCC. The van der Waals surface area contributed by atoms with Gasteiger partial charge in [0.2, 0.25) is 0 Å². The molecule has 0 atom stereocenters. The van der Waals surface area contributed by atoms with E-state index in [0.29, 0.717) is 22.1 Å². The van der Waals surface area contributed by atoms with Crippen molar-refractivity contribution in [3.63, 3.8) is 0 Å². The third-order valence-corrected chi connectivity index (χ3v) is 10.8. The number of anilines is 1. The van der Waals surface area contributed by atoms with Crippen LogP contribution in [0, 0.1) is 0 Å². The highest BCUT2D eigenvalue weighted by molar-refractivity contribution is 7.93. The molecule has 0 saturated carbocycles. The van der Waals surface area contributed by atoms with Crippen molar-refractivity contribution in [3.8, 4) is 11.3 Å². The molecule has 3 aromatic rings. The molecule has 34 heavy (non-hydrogen) atoms. The third-order valence-electron chi connectivity index (χ3n) is 5.40. The number of fused-ring (bicyclic) bond motifs is 3. The summed E-state index contributed by atoms with van der Waals surface area (Å²) < 4.78 is 51.7. The van der Waals surface area contributed by atoms with Gasteiger partial charge in [0.1, 0.15) is 0 Å². The van der Waals surface area contributed by atoms with Gasteiger partial charge < -0.3 is 9.05 Å². The molecule has 1 heterocycles. The van der Waals surface area contributed by atoms with Crippen molar-refractivity contribution >= 4 is 45.7 Å². The van der Waals surface area contributed by atoms with Crippen molar-refractivity contribution < 1.29 is 22.0 Å². The Morgan fingerprint density at radius 2 is 1.76 bits per heavy atom. The Labute approximate surface area is 209 Å². The number of benzene rings is 2. The zero-order chi connectivity index (χ0) is 24.5. The minimum Gasteiger partial charge on any atom is -0.309 e. The molecule has 0 radical (unpaired) electrons. The molecule has 1 aliphatic carbocycles. The molecule has 11 heteroatoms. The summed E-state index contributed by atoms with van der Waals surface area (Å²) in [6, 6.07) is 12.0. The van der Waals surface area contributed by atoms with Crippen molar-refractivity contribution in [1.82, 2.24) is 4.98 Å². The average Bonchev–Trinajstić information content (AvgIpc) is 3.31. The van der Waals surface area contributed by atoms with Crippen molar-refractivity contribution in [3.05, 3.63) is 63.5 Å². The highest BCUT2D eigenvalue weighted by Crippen LogP contribution is 2.51. The molecule has 4 rings (SSSR count). The van der Waals surface area contributed by atoms with Crippen LogP contribution in [0.1, 0.15) is 36.8 Å². The predicted octanol–water partition coefficient (Wildman–Crippen LogP) is 6.35. The Bertz CT molecular complexity index is 1330. The molecule has 182 valence electrons. The molecular formula is C23H26ClN2O5PS2. The van der Waals surface area contributed by atoms with Crippen LogP contribution in [0.2, 0.25) is 5.02 Å². The molecular weight excluding hydrogens is 515 g/mol. The molecule has 0 aliphatic heterocycles. The minimum atomic E-state index is -3.83. The largest absolute Gasteiger partial charge is 0.335 e. The summed E-state index contributed by atoms with van der Waals surface area (Å²) in [5, 5.41) is 1.11. The first kappa shape index (κ1) is 25.4.